The molecule has 0 saturated heterocycles. The second-order valence-electron chi connectivity index (χ2n) is 6.66. The van der Waals surface area contributed by atoms with Gasteiger partial charge in [0.1, 0.15) is 0 Å². The maximum absolute atomic E-state index is 12.2. The number of hydrogen-bond acceptors (Lipinski definition) is 8. The third-order valence-corrected chi connectivity index (χ3v) is 6.20. The number of nitrogens with one attached hydrogen (secondary N) is 1. The normalized spacial score (nSPS) is 11.7. The smallest absolute Gasteiger partial charge is 0.322 e. The summed E-state index contributed by atoms with van der Waals surface area (Å²) >= 11 is 0. The molecule has 10 nitrogen and oxygen atoms in total. The highest BCUT2D eigenvalue weighted by atomic mass is 32.2. The maximum atomic E-state index is 12.2. The second kappa shape index (κ2) is 9.62. The van der Waals surface area contributed by atoms with Crippen molar-refractivity contribution in [2.75, 3.05) is 33.6 Å². The van der Waals surface area contributed by atoms with Crippen LogP contribution in [0.4, 0.5) is 6.01 Å². The molecular formula is C21H22N4O6S. The monoisotopic (exact) mass is 458 g/mol. The summed E-state index contributed by atoms with van der Waals surface area (Å²) in [6.45, 7) is 0. The van der Waals surface area contributed by atoms with Crippen LogP contribution in [-0.2, 0) is 14.8 Å². The number of rotatable bonds is 8. The van der Waals surface area contributed by atoms with Gasteiger partial charge in [0.2, 0.25) is 15.9 Å². The maximum Gasteiger partial charge on any atom is 0.322 e. The third-order valence-electron chi connectivity index (χ3n) is 4.37. The minimum absolute atomic E-state index is 0.0908. The highest BCUT2D eigenvalue weighted by Gasteiger charge is 2.18. The first-order valence-electron chi connectivity index (χ1n) is 9.32. The molecule has 3 aromatic rings. The Bertz CT molecular complexity index is 1230. The van der Waals surface area contributed by atoms with Crippen LogP contribution >= 0.6 is 0 Å². The highest BCUT2D eigenvalue weighted by Crippen LogP contribution is 2.28. The molecule has 0 aliphatic heterocycles. The molecule has 1 N–H and O–H groups in total. The van der Waals surface area contributed by atoms with Crippen molar-refractivity contribution in [1.29, 1.82) is 0 Å². The van der Waals surface area contributed by atoms with Crippen molar-refractivity contribution < 1.29 is 27.1 Å². The topological polar surface area (TPSA) is 124 Å². The number of sulfonamides is 1. The van der Waals surface area contributed by atoms with Gasteiger partial charge in [0, 0.05) is 25.7 Å². The van der Waals surface area contributed by atoms with Gasteiger partial charge in [-0.3, -0.25) is 10.1 Å². The Morgan fingerprint density at radius 3 is 2.34 bits per heavy atom. The van der Waals surface area contributed by atoms with Gasteiger partial charge in [0.05, 0.1) is 19.1 Å². The van der Waals surface area contributed by atoms with Crippen LogP contribution in [0.1, 0.15) is 5.56 Å². The van der Waals surface area contributed by atoms with Crippen LogP contribution in [0.3, 0.4) is 0 Å². The van der Waals surface area contributed by atoms with E-state index < -0.39 is 15.9 Å². The molecule has 168 valence electrons. The molecule has 1 heterocycles. The molecule has 1 aromatic heterocycles. The fourth-order valence-electron chi connectivity index (χ4n) is 2.65. The lowest BCUT2D eigenvalue weighted by atomic mass is 10.2. The number of nitrogens with zero attached hydrogens (tertiary/aromatic N) is 3. The number of amides is 1. The Morgan fingerprint density at radius 2 is 1.72 bits per heavy atom. The van der Waals surface area contributed by atoms with Gasteiger partial charge < -0.3 is 13.9 Å². The van der Waals surface area contributed by atoms with Crippen LogP contribution in [0, 0.1) is 0 Å². The summed E-state index contributed by atoms with van der Waals surface area (Å²) < 4.78 is 41.3. The fourth-order valence-corrected chi connectivity index (χ4v) is 3.55. The van der Waals surface area contributed by atoms with Crippen molar-refractivity contribution in [3.8, 4) is 23.0 Å². The van der Waals surface area contributed by atoms with Crippen LogP contribution in [0.25, 0.3) is 17.5 Å². The SMILES string of the molecule is COc1ccc(/C=C/C(=O)Nc2nnc(-c3ccc(S(=O)(=O)N(C)C)cc3)o2)cc1OC. The van der Waals surface area contributed by atoms with Crippen molar-refractivity contribution in [3.05, 3.63) is 54.1 Å². The van der Waals surface area contributed by atoms with Gasteiger partial charge in [0.25, 0.3) is 5.91 Å². The average Bonchev–Trinajstić information content (AvgIpc) is 3.25. The summed E-state index contributed by atoms with van der Waals surface area (Å²) in [4.78, 5) is 12.3. The molecule has 0 unspecified atom stereocenters. The van der Waals surface area contributed by atoms with Gasteiger partial charge in [-0.05, 0) is 48.0 Å². The van der Waals surface area contributed by atoms with Crippen LogP contribution in [0.5, 0.6) is 11.5 Å². The Hall–Kier alpha value is -3.70. The van der Waals surface area contributed by atoms with Crippen molar-refractivity contribution in [3.63, 3.8) is 0 Å². The first kappa shape index (κ1) is 23.0. The van der Waals surface area contributed by atoms with Gasteiger partial charge >= 0.3 is 6.01 Å². The van der Waals surface area contributed by atoms with E-state index in [9.17, 15) is 13.2 Å². The van der Waals surface area contributed by atoms with E-state index in [0.29, 0.717) is 17.1 Å². The largest absolute Gasteiger partial charge is 0.493 e. The minimum Gasteiger partial charge on any atom is -0.493 e. The Kier molecular flexibility index (Phi) is 6.91. The summed E-state index contributed by atoms with van der Waals surface area (Å²) in [6.07, 6.45) is 2.91. The number of aromatic nitrogens is 2. The van der Waals surface area contributed by atoms with Crippen molar-refractivity contribution in [1.82, 2.24) is 14.5 Å². The fraction of sp³-hybridized carbons (Fsp3) is 0.190. The quantitative estimate of drug-likeness (QED) is 0.511. The molecule has 0 bridgehead atoms. The van der Waals surface area contributed by atoms with Gasteiger partial charge in [-0.2, -0.15) is 0 Å². The molecule has 1 amide bonds. The number of anilines is 1. The molecule has 32 heavy (non-hydrogen) atoms. The average molecular weight is 458 g/mol. The number of benzene rings is 2. The van der Waals surface area contributed by atoms with E-state index in [0.717, 1.165) is 9.87 Å². The summed E-state index contributed by atoms with van der Waals surface area (Å²) in [6, 6.07) is 11.1. The summed E-state index contributed by atoms with van der Waals surface area (Å²) in [5.41, 5.74) is 1.24. The predicted molar refractivity (Wildman–Crippen MR) is 118 cm³/mol. The molecule has 0 fully saturated rings. The van der Waals surface area contributed by atoms with E-state index in [1.54, 1.807) is 43.5 Å². The summed E-state index contributed by atoms with van der Waals surface area (Å²) in [5, 5.41) is 10.2. The summed E-state index contributed by atoms with van der Waals surface area (Å²) in [7, 11) is 2.44. The Morgan fingerprint density at radius 1 is 1.03 bits per heavy atom. The lowest BCUT2D eigenvalue weighted by Crippen LogP contribution is -2.22. The van der Waals surface area contributed by atoms with Gasteiger partial charge in [-0.25, -0.2) is 12.7 Å². The second-order valence-corrected chi connectivity index (χ2v) is 8.81. The van der Waals surface area contributed by atoms with Crippen LogP contribution in [0.15, 0.2) is 57.9 Å². The van der Waals surface area contributed by atoms with Crippen LogP contribution in [0.2, 0.25) is 0 Å². The number of carbonyl (C=O) groups excluding carboxylic acids is 1. The molecule has 0 spiro atoms. The van der Waals surface area contributed by atoms with E-state index in [-0.39, 0.29) is 16.8 Å². The number of methoxy groups -OCH3 is 2. The third kappa shape index (κ3) is 5.13. The minimum atomic E-state index is -3.54. The van der Waals surface area contributed by atoms with Gasteiger partial charge in [-0.1, -0.05) is 11.2 Å². The molecule has 11 heteroatoms. The molecule has 0 aliphatic carbocycles. The number of hydrogen-bond donors (Lipinski definition) is 1. The Labute approximate surface area is 185 Å². The molecular weight excluding hydrogens is 436 g/mol. The van der Waals surface area contributed by atoms with E-state index in [1.807, 2.05) is 0 Å². The molecule has 3 rings (SSSR count). The van der Waals surface area contributed by atoms with Crippen LogP contribution < -0.4 is 14.8 Å². The lowest BCUT2D eigenvalue weighted by Gasteiger charge is -2.11. The lowest BCUT2D eigenvalue weighted by molar-refractivity contribution is -0.112. The first-order chi connectivity index (χ1) is 15.2. The van der Waals surface area contributed by atoms with Crippen LogP contribution in [-0.4, -0.2) is 57.1 Å². The van der Waals surface area contributed by atoms with E-state index in [1.165, 1.54) is 39.4 Å². The number of ether oxygens (including phenoxy) is 2. The van der Waals surface area contributed by atoms with Crippen molar-refractivity contribution in [2.45, 2.75) is 4.90 Å². The standard InChI is InChI=1S/C21H22N4O6S/c1-25(2)32(27,28)16-9-7-15(8-10-16)20-23-24-21(31-20)22-19(26)12-6-14-5-11-17(29-3)18(13-14)30-4/h5-13H,1-4H3,(H,22,24,26)/b12-6+. The molecule has 0 aliphatic rings. The molecule has 0 saturated carbocycles. The van der Waals surface area contributed by atoms with E-state index in [2.05, 4.69) is 15.5 Å². The predicted octanol–water partition coefficient (Wildman–Crippen LogP) is 2.66. The zero-order valence-electron chi connectivity index (χ0n) is 17.9. The Balaban J connectivity index is 1.67. The van der Waals surface area contributed by atoms with Crippen molar-refractivity contribution in [2.24, 2.45) is 0 Å². The van der Waals surface area contributed by atoms with E-state index in [4.69, 9.17) is 13.9 Å². The highest BCUT2D eigenvalue weighted by molar-refractivity contribution is 7.89. The van der Waals surface area contributed by atoms with Gasteiger partial charge in [0.15, 0.2) is 11.5 Å². The first-order valence-corrected chi connectivity index (χ1v) is 10.8. The summed E-state index contributed by atoms with van der Waals surface area (Å²) in [5.74, 6) is 0.793. The van der Waals surface area contributed by atoms with Crippen molar-refractivity contribution >= 4 is 28.0 Å². The molecule has 0 atom stereocenters. The molecule has 2 aromatic carbocycles. The number of carbonyl (C=O) groups is 1. The zero-order valence-corrected chi connectivity index (χ0v) is 18.7. The molecule has 0 radical (unpaired) electrons. The van der Waals surface area contributed by atoms with E-state index >= 15 is 0 Å². The zero-order chi connectivity index (χ0) is 23.3. The van der Waals surface area contributed by atoms with Gasteiger partial charge in [-0.15, -0.1) is 5.10 Å².